The van der Waals surface area contributed by atoms with Crippen LogP contribution in [-0.2, 0) is 0 Å². The summed E-state index contributed by atoms with van der Waals surface area (Å²) in [5.41, 5.74) is 2.59. The lowest BCUT2D eigenvalue weighted by atomic mass is 9.97. The Balaban J connectivity index is 1.54. The van der Waals surface area contributed by atoms with Gasteiger partial charge in [-0.3, -0.25) is 0 Å². The first-order valence-corrected chi connectivity index (χ1v) is 11.1. The molecule has 2 aromatic heterocycles. The first-order valence-electron chi connectivity index (χ1n) is 9.33. The normalized spacial score (nSPS) is 11.6. The molecule has 0 unspecified atom stereocenters. The van der Waals surface area contributed by atoms with Crippen LogP contribution in [0.1, 0.15) is 0 Å². The Morgan fingerprint density at radius 3 is 1.25 bits per heavy atom. The van der Waals surface area contributed by atoms with E-state index in [1.807, 2.05) is 0 Å². The number of hydrogen-bond donors (Lipinski definition) is 0. The maximum absolute atomic E-state index is 2.33. The van der Waals surface area contributed by atoms with Gasteiger partial charge >= 0.3 is 0 Å². The van der Waals surface area contributed by atoms with E-state index >= 15 is 0 Å². The van der Waals surface area contributed by atoms with E-state index in [4.69, 9.17) is 0 Å². The Bertz CT molecular complexity index is 1330. The molecule has 0 spiro atoms. The largest absolute Gasteiger partial charge is 0.144 e. The molecule has 0 atom stereocenters. The average Bonchev–Trinajstić information content (AvgIpc) is 3.44. The third-order valence-corrected chi connectivity index (χ3v) is 7.20. The predicted octanol–water partition coefficient (Wildman–Crippen LogP) is 8.60. The minimum atomic E-state index is 1.29. The van der Waals surface area contributed by atoms with Crippen LogP contribution in [0.5, 0.6) is 0 Å². The van der Waals surface area contributed by atoms with Crippen LogP contribution in [0.15, 0.2) is 95.7 Å². The van der Waals surface area contributed by atoms with Gasteiger partial charge in [0.05, 0.1) is 0 Å². The topological polar surface area (TPSA) is 0 Å². The van der Waals surface area contributed by atoms with Gasteiger partial charge in [0, 0.05) is 9.75 Å². The third-order valence-electron chi connectivity index (χ3n) is 5.36. The summed E-state index contributed by atoms with van der Waals surface area (Å²) in [7, 11) is 0. The second-order valence-corrected chi connectivity index (χ2v) is 9.03. The van der Waals surface area contributed by atoms with Gasteiger partial charge in [-0.25, -0.2) is 0 Å². The van der Waals surface area contributed by atoms with Crippen molar-refractivity contribution in [2.45, 2.75) is 0 Å². The van der Waals surface area contributed by atoms with E-state index in [1.54, 1.807) is 22.7 Å². The number of rotatable bonds is 2. The van der Waals surface area contributed by atoms with E-state index in [2.05, 4.69) is 95.7 Å². The Labute approximate surface area is 171 Å². The van der Waals surface area contributed by atoms with Crippen LogP contribution in [-0.4, -0.2) is 0 Å². The van der Waals surface area contributed by atoms with Crippen molar-refractivity contribution in [2.24, 2.45) is 0 Å². The molecule has 0 aliphatic carbocycles. The lowest BCUT2D eigenvalue weighted by molar-refractivity contribution is 1.75. The molecule has 0 aliphatic heterocycles. The van der Waals surface area contributed by atoms with Crippen LogP contribution >= 0.6 is 22.7 Å². The molecular weight excluding hydrogens is 376 g/mol. The van der Waals surface area contributed by atoms with Crippen LogP contribution in [0.25, 0.3) is 53.2 Å². The monoisotopic (exact) mass is 392 g/mol. The fourth-order valence-corrected chi connectivity index (χ4v) is 5.39. The first kappa shape index (κ1) is 16.1. The van der Waals surface area contributed by atoms with Crippen molar-refractivity contribution in [1.82, 2.24) is 0 Å². The lowest BCUT2D eigenvalue weighted by Crippen LogP contribution is -1.81. The zero-order valence-electron chi connectivity index (χ0n) is 15.1. The molecule has 0 fully saturated rings. The highest BCUT2D eigenvalue weighted by molar-refractivity contribution is 7.13. The van der Waals surface area contributed by atoms with Crippen molar-refractivity contribution >= 4 is 55.0 Å². The average molecular weight is 393 g/mol. The highest BCUT2D eigenvalue weighted by Crippen LogP contribution is 2.33. The first-order chi connectivity index (χ1) is 13.8. The fraction of sp³-hybridized carbons (Fsp3) is 0. The maximum atomic E-state index is 2.33. The third kappa shape index (κ3) is 2.65. The van der Waals surface area contributed by atoms with Crippen LogP contribution in [0, 0.1) is 0 Å². The molecule has 0 saturated carbocycles. The van der Waals surface area contributed by atoms with Crippen molar-refractivity contribution < 1.29 is 0 Å². The van der Waals surface area contributed by atoms with Gasteiger partial charge in [-0.2, -0.15) is 0 Å². The number of fused-ring (bicyclic) bond motifs is 3. The van der Waals surface area contributed by atoms with Crippen molar-refractivity contribution in [3.05, 3.63) is 95.7 Å². The summed E-state index contributed by atoms with van der Waals surface area (Å²) in [6, 6.07) is 31.5. The highest BCUT2D eigenvalue weighted by atomic mass is 32.1. The van der Waals surface area contributed by atoms with E-state index in [9.17, 15) is 0 Å². The molecular formula is C26H16S2. The molecule has 28 heavy (non-hydrogen) atoms. The Morgan fingerprint density at radius 1 is 0.393 bits per heavy atom. The summed E-state index contributed by atoms with van der Waals surface area (Å²) < 4.78 is 0. The molecule has 4 aromatic carbocycles. The smallest absolute Gasteiger partial charge is 0.0342 e. The molecule has 0 radical (unpaired) electrons. The quantitative estimate of drug-likeness (QED) is 0.259. The fourth-order valence-electron chi connectivity index (χ4n) is 3.94. The molecule has 0 N–H and O–H groups in total. The Kier molecular flexibility index (Phi) is 3.61. The van der Waals surface area contributed by atoms with Gasteiger partial charge in [-0.05, 0) is 103 Å². The van der Waals surface area contributed by atoms with Gasteiger partial charge in [-0.15, -0.1) is 22.7 Å². The Hall–Kier alpha value is -2.94. The zero-order valence-corrected chi connectivity index (χ0v) is 16.7. The van der Waals surface area contributed by atoms with Gasteiger partial charge in [0.2, 0.25) is 0 Å². The van der Waals surface area contributed by atoms with Crippen LogP contribution in [0.2, 0.25) is 0 Å². The number of benzene rings is 4. The summed E-state index contributed by atoms with van der Waals surface area (Å²) >= 11 is 3.58. The maximum Gasteiger partial charge on any atom is 0.0342 e. The summed E-state index contributed by atoms with van der Waals surface area (Å²) in [5.74, 6) is 0. The second-order valence-electron chi connectivity index (χ2n) is 7.13. The molecule has 6 rings (SSSR count). The van der Waals surface area contributed by atoms with Crippen molar-refractivity contribution in [2.75, 3.05) is 0 Å². The highest BCUT2D eigenvalue weighted by Gasteiger charge is 2.06. The Morgan fingerprint density at radius 2 is 0.821 bits per heavy atom. The van der Waals surface area contributed by atoms with Crippen molar-refractivity contribution in [3.63, 3.8) is 0 Å². The van der Waals surface area contributed by atoms with Crippen LogP contribution in [0.4, 0.5) is 0 Å². The summed E-state index contributed by atoms with van der Waals surface area (Å²) in [6.07, 6.45) is 0. The van der Waals surface area contributed by atoms with Gasteiger partial charge in [0.15, 0.2) is 0 Å². The lowest BCUT2D eigenvalue weighted by Gasteiger charge is -2.08. The van der Waals surface area contributed by atoms with Crippen molar-refractivity contribution in [3.8, 4) is 20.9 Å². The standard InChI is InChI=1S/C26H16S2/c1-3-25(27-9-1)19-7-5-17-11-24-16-22-14-20(26-4-2-10-28-26)8-6-18(22)12-23(24)15-21(17)13-19/h1-16H. The molecule has 2 heterocycles. The summed E-state index contributed by atoms with van der Waals surface area (Å²) in [4.78, 5) is 2.64. The van der Waals surface area contributed by atoms with Gasteiger partial charge in [-0.1, -0.05) is 36.4 Å². The summed E-state index contributed by atoms with van der Waals surface area (Å²) in [6.45, 7) is 0. The van der Waals surface area contributed by atoms with Gasteiger partial charge in [0.25, 0.3) is 0 Å². The van der Waals surface area contributed by atoms with E-state index in [0.717, 1.165) is 0 Å². The molecule has 0 saturated heterocycles. The number of thiophene rings is 2. The summed E-state index contributed by atoms with van der Waals surface area (Å²) in [5, 5.41) is 12.1. The molecule has 132 valence electrons. The zero-order chi connectivity index (χ0) is 18.5. The van der Waals surface area contributed by atoms with Crippen LogP contribution in [0.3, 0.4) is 0 Å². The van der Waals surface area contributed by atoms with Crippen molar-refractivity contribution in [1.29, 1.82) is 0 Å². The van der Waals surface area contributed by atoms with Crippen LogP contribution < -0.4 is 0 Å². The molecule has 6 aromatic rings. The molecule has 2 heteroatoms. The number of hydrogen-bond acceptors (Lipinski definition) is 2. The van der Waals surface area contributed by atoms with Gasteiger partial charge in [0.1, 0.15) is 0 Å². The molecule has 0 bridgehead atoms. The van der Waals surface area contributed by atoms with E-state index in [1.165, 1.54) is 53.2 Å². The molecule has 0 amide bonds. The predicted molar refractivity (Wildman–Crippen MR) is 126 cm³/mol. The van der Waals surface area contributed by atoms with E-state index in [0.29, 0.717) is 0 Å². The van der Waals surface area contributed by atoms with Gasteiger partial charge < -0.3 is 0 Å². The second kappa shape index (κ2) is 6.30. The minimum Gasteiger partial charge on any atom is -0.144 e. The van der Waals surface area contributed by atoms with E-state index < -0.39 is 0 Å². The molecule has 0 aliphatic rings. The molecule has 0 nitrogen and oxygen atoms in total. The van der Waals surface area contributed by atoms with E-state index in [-0.39, 0.29) is 0 Å². The SMILES string of the molecule is c1csc(-c2ccc3cc4cc5cc(-c6cccs6)ccc5cc4cc3c2)c1. The minimum absolute atomic E-state index is 1.29.